The molecule has 3 heteroatoms. The lowest BCUT2D eigenvalue weighted by Gasteiger charge is -2.08. The van der Waals surface area contributed by atoms with E-state index in [2.05, 4.69) is 11.6 Å². The molecular formula is C17H17NO2. The standard InChI is InChI=1S/C17H17NO2/c1-3-13-20-17(14-7-5-4-6-8-14)18-15-9-11-16(19-2)12-10-15/h3-12H,1,13H2,2H3. The van der Waals surface area contributed by atoms with Gasteiger partial charge in [-0.2, -0.15) is 0 Å². The zero-order valence-corrected chi connectivity index (χ0v) is 11.5. The molecule has 2 rings (SSSR count). The molecule has 102 valence electrons. The van der Waals surface area contributed by atoms with E-state index in [1.807, 2.05) is 54.6 Å². The summed E-state index contributed by atoms with van der Waals surface area (Å²) in [7, 11) is 1.64. The van der Waals surface area contributed by atoms with E-state index in [-0.39, 0.29) is 0 Å². The molecular weight excluding hydrogens is 250 g/mol. The minimum absolute atomic E-state index is 0.421. The number of hydrogen-bond acceptors (Lipinski definition) is 3. The van der Waals surface area contributed by atoms with Crippen LogP contribution in [0.2, 0.25) is 0 Å². The van der Waals surface area contributed by atoms with Crippen molar-refractivity contribution in [2.24, 2.45) is 4.99 Å². The maximum absolute atomic E-state index is 5.64. The van der Waals surface area contributed by atoms with E-state index >= 15 is 0 Å². The summed E-state index contributed by atoms with van der Waals surface area (Å²) >= 11 is 0. The molecule has 0 aliphatic carbocycles. The van der Waals surface area contributed by atoms with E-state index in [1.165, 1.54) is 0 Å². The van der Waals surface area contributed by atoms with Crippen LogP contribution in [-0.2, 0) is 4.74 Å². The maximum atomic E-state index is 5.64. The topological polar surface area (TPSA) is 30.8 Å². The van der Waals surface area contributed by atoms with Crippen LogP contribution in [0.15, 0.2) is 72.2 Å². The Balaban J connectivity index is 2.29. The van der Waals surface area contributed by atoms with Crippen LogP contribution in [0.5, 0.6) is 5.75 Å². The number of aliphatic imine (C=N–C) groups is 1. The SMILES string of the molecule is C=CCOC(=Nc1ccc(OC)cc1)c1ccccc1. The quantitative estimate of drug-likeness (QED) is 0.466. The zero-order valence-electron chi connectivity index (χ0n) is 11.5. The van der Waals surface area contributed by atoms with Gasteiger partial charge in [0, 0.05) is 5.56 Å². The van der Waals surface area contributed by atoms with Gasteiger partial charge in [0.15, 0.2) is 0 Å². The van der Waals surface area contributed by atoms with Gasteiger partial charge in [-0.1, -0.05) is 30.9 Å². The van der Waals surface area contributed by atoms with Crippen molar-refractivity contribution in [1.29, 1.82) is 0 Å². The summed E-state index contributed by atoms with van der Waals surface area (Å²) in [6.45, 7) is 4.08. The second kappa shape index (κ2) is 7.14. The molecule has 2 aromatic carbocycles. The predicted octanol–water partition coefficient (Wildman–Crippen LogP) is 3.98. The largest absolute Gasteiger partial charge is 0.497 e. The van der Waals surface area contributed by atoms with Crippen LogP contribution >= 0.6 is 0 Å². The van der Waals surface area contributed by atoms with Crippen LogP contribution in [0.25, 0.3) is 0 Å². The highest BCUT2D eigenvalue weighted by Crippen LogP contribution is 2.19. The normalized spacial score (nSPS) is 10.9. The van der Waals surface area contributed by atoms with Crippen LogP contribution in [0.4, 0.5) is 5.69 Å². The first-order valence-electron chi connectivity index (χ1n) is 6.35. The molecule has 20 heavy (non-hydrogen) atoms. The van der Waals surface area contributed by atoms with Gasteiger partial charge in [0.1, 0.15) is 12.4 Å². The molecule has 0 aromatic heterocycles. The van der Waals surface area contributed by atoms with E-state index in [0.29, 0.717) is 12.5 Å². The summed E-state index contributed by atoms with van der Waals surface area (Å²) in [4.78, 5) is 4.53. The van der Waals surface area contributed by atoms with E-state index in [0.717, 1.165) is 17.0 Å². The third kappa shape index (κ3) is 3.72. The van der Waals surface area contributed by atoms with Gasteiger partial charge in [-0.15, -0.1) is 0 Å². The molecule has 0 amide bonds. The Kier molecular flexibility index (Phi) is 4.95. The molecule has 0 fully saturated rings. The zero-order chi connectivity index (χ0) is 14.2. The van der Waals surface area contributed by atoms with Crippen molar-refractivity contribution in [2.45, 2.75) is 0 Å². The number of ether oxygens (including phenoxy) is 2. The van der Waals surface area contributed by atoms with Gasteiger partial charge in [-0.3, -0.25) is 0 Å². The molecule has 0 aliphatic heterocycles. The molecule has 0 N–H and O–H groups in total. The molecule has 0 spiro atoms. The van der Waals surface area contributed by atoms with Gasteiger partial charge in [-0.25, -0.2) is 4.99 Å². The smallest absolute Gasteiger partial charge is 0.221 e. The summed E-state index contributed by atoms with van der Waals surface area (Å²) in [5, 5.41) is 0. The van der Waals surface area contributed by atoms with Crippen molar-refractivity contribution in [3.63, 3.8) is 0 Å². The lowest BCUT2D eigenvalue weighted by Crippen LogP contribution is -2.06. The van der Waals surface area contributed by atoms with Gasteiger partial charge in [0.05, 0.1) is 12.8 Å². The molecule has 2 aromatic rings. The molecule has 0 bridgehead atoms. The third-order valence-electron chi connectivity index (χ3n) is 2.66. The number of benzene rings is 2. The molecule has 0 saturated carbocycles. The molecule has 0 radical (unpaired) electrons. The monoisotopic (exact) mass is 267 g/mol. The van der Waals surface area contributed by atoms with Gasteiger partial charge in [-0.05, 0) is 36.4 Å². The van der Waals surface area contributed by atoms with Gasteiger partial charge >= 0.3 is 0 Å². The number of nitrogens with zero attached hydrogens (tertiary/aromatic N) is 1. The van der Waals surface area contributed by atoms with E-state index in [9.17, 15) is 0 Å². The van der Waals surface area contributed by atoms with Crippen LogP contribution < -0.4 is 4.74 Å². The second-order valence-electron chi connectivity index (χ2n) is 4.08. The lowest BCUT2D eigenvalue weighted by molar-refractivity contribution is 0.352. The minimum atomic E-state index is 0.421. The van der Waals surface area contributed by atoms with Crippen LogP contribution in [0.3, 0.4) is 0 Å². The first kappa shape index (κ1) is 13.9. The van der Waals surface area contributed by atoms with Crippen molar-refractivity contribution >= 4 is 11.6 Å². The Morgan fingerprint density at radius 2 is 1.80 bits per heavy atom. The summed E-state index contributed by atoms with van der Waals surface area (Å²) < 4.78 is 10.8. The average Bonchev–Trinajstić information content (AvgIpc) is 2.53. The maximum Gasteiger partial charge on any atom is 0.221 e. The Labute approximate surface area is 119 Å². The van der Waals surface area contributed by atoms with Gasteiger partial charge in [0.2, 0.25) is 5.90 Å². The fourth-order valence-corrected chi connectivity index (χ4v) is 1.67. The summed E-state index contributed by atoms with van der Waals surface area (Å²) in [5.41, 5.74) is 1.75. The highest BCUT2D eigenvalue weighted by molar-refractivity contribution is 5.95. The fraction of sp³-hybridized carbons (Fsp3) is 0.118. The van der Waals surface area contributed by atoms with Gasteiger partial charge < -0.3 is 9.47 Å². The van der Waals surface area contributed by atoms with E-state index in [1.54, 1.807) is 13.2 Å². The van der Waals surface area contributed by atoms with Crippen molar-refractivity contribution < 1.29 is 9.47 Å². The van der Waals surface area contributed by atoms with E-state index in [4.69, 9.17) is 9.47 Å². The highest BCUT2D eigenvalue weighted by Gasteiger charge is 2.04. The molecule has 0 atom stereocenters. The third-order valence-corrected chi connectivity index (χ3v) is 2.66. The Morgan fingerprint density at radius 3 is 2.40 bits per heavy atom. The van der Waals surface area contributed by atoms with Crippen LogP contribution in [0, 0.1) is 0 Å². The number of methoxy groups -OCH3 is 1. The van der Waals surface area contributed by atoms with Crippen LogP contribution in [-0.4, -0.2) is 19.6 Å². The van der Waals surface area contributed by atoms with Crippen molar-refractivity contribution in [3.8, 4) is 5.75 Å². The van der Waals surface area contributed by atoms with Gasteiger partial charge in [0.25, 0.3) is 0 Å². The number of hydrogen-bond donors (Lipinski definition) is 0. The average molecular weight is 267 g/mol. The van der Waals surface area contributed by atoms with Crippen molar-refractivity contribution in [1.82, 2.24) is 0 Å². The number of rotatable bonds is 5. The minimum Gasteiger partial charge on any atom is -0.497 e. The Hall–Kier alpha value is -2.55. The Morgan fingerprint density at radius 1 is 1.10 bits per heavy atom. The van der Waals surface area contributed by atoms with E-state index < -0.39 is 0 Å². The molecule has 0 heterocycles. The highest BCUT2D eigenvalue weighted by atomic mass is 16.5. The molecule has 0 saturated heterocycles. The molecule has 3 nitrogen and oxygen atoms in total. The predicted molar refractivity (Wildman–Crippen MR) is 81.8 cm³/mol. The fourth-order valence-electron chi connectivity index (χ4n) is 1.67. The Bertz CT molecular complexity index is 574. The summed E-state index contributed by atoms with van der Waals surface area (Å²) in [6, 6.07) is 17.3. The molecule has 0 aliphatic rings. The lowest BCUT2D eigenvalue weighted by atomic mass is 10.2. The summed E-state index contributed by atoms with van der Waals surface area (Å²) in [5.74, 6) is 1.38. The van der Waals surface area contributed by atoms with Crippen molar-refractivity contribution in [2.75, 3.05) is 13.7 Å². The second-order valence-corrected chi connectivity index (χ2v) is 4.08. The first-order chi connectivity index (χ1) is 9.83. The van der Waals surface area contributed by atoms with Crippen LogP contribution in [0.1, 0.15) is 5.56 Å². The van der Waals surface area contributed by atoms with Crippen molar-refractivity contribution in [3.05, 3.63) is 72.8 Å². The summed E-state index contributed by atoms with van der Waals surface area (Å²) in [6.07, 6.45) is 1.70. The first-order valence-corrected chi connectivity index (χ1v) is 6.35. The molecule has 0 unspecified atom stereocenters.